The van der Waals surface area contributed by atoms with Gasteiger partial charge in [0.2, 0.25) is 10.0 Å². The Morgan fingerprint density at radius 1 is 1.03 bits per heavy atom. The van der Waals surface area contributed by atoms with E-state index >= 15 is 0 Å². The first-order valence-electron chi connectivity index (χ1n) is 9.80. The SMILES string of the molecule is COc1ccc2nc(CN3CCN(S(=O)(=O)c4ccc(OC)c(C)c4)CC3)[nH]c2c1. The molecule has 2 heterocycles. The van der Waals surface area contributed by atoms with Crippen LogP contribution in [0.15, 0.2) is 41.3 Å². The molecule has 0 aliphatic carbocycles. The number of rotatable bonds is 6. The molecule has 30 heavy (non-hydrogen) atoms. The maximum atomic E-state index is 13.0. The third-order valence-corrected chi connectivity index (χ3v) is 7.34. The highest BCUT2D eigenvalue weighted by Gasteiger charge is 2.29. The van der Waals surface area contributed by atoms with Gasteiger partial charge in [-0.05, 0) is 42.8 Å². The van der Waals surface area contributed by atoms with E-state index in [0.29, 0.717) is 43.4 Å². The van der Waals surface area contributed by atoms with Crippen molar-refractivity contribution in [3.8, 4) is 11.5 Å². The number of aromatic amines is 1. The predicted octanol–water partition coefficient (Wildman–Crippen LogP) is 2.40. The Labute approximate surface area is 176 Å². The minimum absolute atomic E-state index is 0.306. The molecule has 1 aliphatic rings. The molecule has 0 unspecified atom stereocenters. The lowest BCUT2D eigenvalue weighted by Gasteiger charge is -2.33. The Morgan fingerprint density at radius 2 is 1.80 bits per heavy atom. The molecule has 0 bridgehead atoms. The van der Waals surface area contributed by atoms with Crippen LogP contribution in [0.3, 0.4) is 0 Å². The Balaban J connectivity index is 1.41. The number of H-pyrrole nitrogens is 1. The average molecular weight is 431 g/mol. The van der Waals surface area contributed by atoms with E-state index in [4.69, 9.17) is 9.47 Å². The molecule has 9 heteroatoms. The number of aryl methyl sites for hydroxylation is 1. The summed E-state index contributed by atoms with van der Waals surface area (Å²) in [6, 6.07) is 10.7. The summed E-state index contributed by atoms with van der Waals surface area (Å²) in [6.45, 7) is 4.68. The van der Waals surface area contributed by atoms with Gasteiger partial charge >= 0.3 is 0 Å². The number of nitrogens with one attached hydrogen (secondary N) is 1. The second kappa shape index (κ2) is 8.25. The summed E-state index contributed by atoms with van der Waals surface area (Å²) in [4.78, 5) is 10.5. The third-order valence-electron chi connectivity index (χ3n) is 5.45. The van der Waals surface area contributed by atoms with Crippen molar-refractivity contribution in [3.05, 3.63) is 47.8 Å². The molecule has 0 amide bonds. The van der Waals surface area contributed by atoms with E-state index in [1.165, 1.54) is 0 Å². The Hall–Kier alpha value is -2.62. The molecule has 1 aliphatic heterocycles. The highest BCUT2D eigenvalue weighted by molar-refractivity contribution is 7.89. The molecule has 0 saturated carbocycles. The van der Waals surface area contributed by atoms with Gasteiger partial charge in [-0.25, -0.2) is 13.4 Å². The van der Waals surface area contributed by atoms with Gasteiger partial charge in [0.25, 0.3) is 0 Å². The van der Waals surface area contributed by atoms with Crippen molar-refractivity contribution < 1.29 is 17.9 Å². The number of nitrogens with zero attached hydrogens (tertiary/aromatic N) is 3. The first kappa shape index (κ1) is 20.6. The summed E-state index contributed by atoms with van der Waals surface area (Å²) in [6.07, 6.45) is 0. The molecule has 160 valence electrons. The largest absolute Gasteiger partial charge is 0.497 e. The molecule has 2 aromatic carbocycles. The van der Waals surface area contributed by atoms with Gasteiger partial charge in [0.1, 0.15) is 17.3 Å². The van der Waals surface area contributed by atoms with E-state index in [-0.39, 0.29) is 0 Å². The topological polar surface area (TPSA) is 87.8 Å². The number of aromatic nitrogens is 2. The van der Waals surface area contributed by atoms with E-state index in [0.717, 1.165) is 28.2 Å². The van der Waals surface area contributed by atoms with Crippen LogP contribution in [0, 0.1) is 6.92 Å². The van der Waals surface area contributed by atoms with Crippen LogP contribution in [-0.2, 0) is 16.6 Å². The number of imidazole rings is 1. The number of benzene rings is 2. The van der Waals surface area contributed by atoms with Crippen LogP contribution < -0.4 is 9.47 Å². The van der Waals surface area contributed by atoms with Gasteiger partial charge in [-0.15, -0.1) is 0 Å². The summed E-state index contributed by atoms with van der Waals surface area (Å²) < 4.78 is 38.1. The number of ether oxygens (including phenoxy) is 2. The standard InChI is InChI=1S/C21H26N4O4S/c1-15-12-17(5-7-20(15)29-3)30(26,27)25-10-8-24(9-11-25)14-21-22-18-6-4-16(28-2)13-19(18)23-21/h4-7,12-13H,8-11,14H2,1-3H3,(H,22,23). The monoisotopic (exact) mass is 430 g/mol. The minimum Gasteiger partial charge on any atom is -0.497 e. The van der Waals surface area contributed by atoms with Crippen molar-refractivity contribution >= 4 is 21.1 Å². The van der Waals surface area contributed by atoms with Crippen molar-refractivity contribution in [1.82, 2.24) is 19.2 Å². The zero-order valence-corrected chi connectivity index (χ0v) is 18.2. The minimum atomic E-state index is -3.52. The fourth-order valence-corrected chi connectivity index (χ4v) is 5.25. The molecule has 8 nitrogen and oxygen atoms in total. The van der Waals surface area contributed by atoms with Gasteiger partial charge in [-0.1, -0.05) is 0 Å². The number of piperazine rings is 1. The molecule has 1 N–H and O–H groups in total. The maximum Gasteiger partial charge on any atom is 0.243 e. The van der Waals surface area contributed by atoms with E-state index in [1.807, 2.05) is 25.1 Å². The molecular formula is C21H26N4O4S. The fourth-order valence-electron chi connectivity index (χ4n) is 3.74. The normalized spacial score (nSPS) is 16.1. The van der Waals surface area contributed by atoms with Gasteiger partial charge in [0.15, 0.2) is 0 Å². The van der Waals surface area contributed by atoms with Crippen LogP contribution in [0.25, 0.3) is 11.0 Å². The summed E-state index contributed by atoms with van der Waals surface area (Å²) in [5.41, 5.74) is 2.63. The lowest BCUT2D eigenvalue weighted by Crippen LogP contribution is -2.48. The number of hydrogen-bond acceptors (Lipinski definition) is 6. The van der Waals surface area contributed by atoms with E-state index < -0.39 is 10.0 Å². The van der Waals surface area contributed by atoms with Gasteiger partial charge in [-0.3, -0.25) is 4.90 Å². The fraction of sp³-hybridized carbons (Fsp3) is 0.381. The lowest BCUT2D eigenvalue weighted by atomic mass is 10.2. The van der Waals surface area contributed by atoms with Crippen LogP contribution in [0.5, 0.6) is 11.5 Å². The zero-order valence-electron chi connectivity index (χ0n) is 17.4. The maximum absolute atomic E-state index is 13.0. The molecule has 3 aromatic rings. The predicted molar refractivity (Wildman–Crippen MR) is 114 cm³/mol. The highest BCUT2D eigenvalue weighted by atomic mass is 32.2. The number of fused-ring (bicyclic) bond motifs is 1. The summed E-state index contributed by atoms with van der Waals surface area (Å²) in [5, 5.41) is 0. The van der Waals surface area contributed by atoms with Gasteiger partial charge in [0.05, 0.1) is 36.7 Å². The molecule has 1 fully saturated rings. The molecule has 0 spiro atoms. The first-order chi connectivity index (χ1) is 14.4. The number of methoxy groups -OCH3 is 2. The van der Waals surface area contributed by atoms with Crippen molar-refractivity contribution in [2.24, 2.45) is 0 Å². The van der Waals surface area contributed by atoms with Crippen LogP contribution in [0.2, 0.25) is 0 Å². The number of sulfonamides is 1. The van der Waals surface area contributed by atoms with Crippen molar-refractivity contribution in [2.45, 2.75) is 18.4 Å². The Morgan fingerprint density at radius 3 is 2.47 bits per heavy atom. The van der Waals surface area contributed by atoms with Gasteiger partial charge in [0, 0.05) is 32.2 Å². The molecule has 0 radical (unpaired) electrons. The second-order valence-electron chi connectivity index (χ2n) is 7.38. The zero-order chi connectivity index (χ0) is 21.3. The molecule has 4 rings (SSSR count). The van der Waals surface area contributed by atoms with Crippen molar-refractivity contribution in [1.29, 1.82) is 0 Å². The first-order valence-corrected chi connectivity index (χ1v) is 11.2. The lowest BCUT2D eigenvalue weighted by molar-refractivity contribution is 0.178. The van der Waals surface area contributed by atoms with Gasteiger partial charge in [-0.2, -0.15) is 4.31 Å². The summed E-state index contributed by atoms with van der Waals surface area (Å²) >= 11 is 0. The van der Waals surface area contributed by atoms with Crippen LogP contribution in [0.4, 0.5) is 0 Å². The Kier molecular flexibility index (Phi) is 5.68. The average Bonchev–Trinajstić information content (AvgIpc) is 3.15. The molecule has 1 saturated heterocycles. The molecule has 0 atom stereocenters. The van der Waals surface area contributed by atoms with Crippen molar-refractivity contribution in [2.75, 3.05) is 40.4 Å². The highest BCUT2D eigenvalue weighted by Crippen LogP contribution is 2.25. The summed E-state index contributed by atoms with van der Waals surface area (Å²) in [5.74, 6) is 2.33. The second-order valence-corrected chi connectivity index (χ2v) is 9.32. The summed E-state index contributed by atoms with van der Waals surface area (Å²) in [7, 11) is -0.304. The van der Waals surface area contributed by atoms with E-state index in [9.17, 15) is 8.42 Å². The van der Waals surface area contributed by atoms with Gasteiger partial charge < -0.3 is 14.5 Å². The van der Waals surface area contributed by atoms with E-state index in [1.54, 1.807) is 36.7 Å². The van der Waals surface area contributed by atoms with Crippen molar-refractivity contribution in [3.63, 3.8) is 0 Å². The van der Waals surface area contributed by atoms with Crippen LogP contribution in [-0.4, -0.2) is 68.0 Å². The number of hydrogen-bond donors (Lipinski definition) is 1. The molecular weight excluding hydrogens is 404 g/mol. The Bertz CT molecular complexity index is 1150. The quantitative estimate of drug-likeness (QED) is 0.646. The smallest absolute Gasteiger partial charge is 0.243 e. The van der Waals surface area contributed by atoms with Crippen LogP contribution >= 0.6 is 0 Å². The third kappa shape index (κ3) is 4.00. The van der Waals surface area contributed by atoms with Crippen LogP contribution in [0.1, 0.15) is 11.4 Å². The van der Waals surface area contributed by atoms with E-state index in [2.05, 4.69) is 14.9 Å². The molecule has 1 aromatic heterocycles.